The maximum atomic E-state index is 13.4. The zero-order valence-corrected chi connectivity index (χ0v) is 15.2. The molecule has 0 radical (unpaired) electrons. The van der Waals surface area contributed by atoms with Gasteiger partial charge < -0.3 is 15.4 Å². The number of amides is 2. The second-order valence-corrected chi connectivity index (χ2v) is 7.25. The lowest BCUT2D eigenvalue weighted by molar-refractivity contribution is -0.123. The third-order valence-corrected chi connectivity index (χ3v) is 3.87. The van der Waals surface area contributed by atoms with Crippen molar-refractivity contribution in [2.75, 3.05) is 17.2 Å². The Hall–Kier alpha value is -2.19. The molecule has 2 amide bonds. The maximum absolute atomic E-state index is 13.4. The van der Waals surface area contributed by atoms with Crippen LogP contribution in [-0.2, 0) is 9.59 Å². The van der Waals surface area contributed by atoms with Crippen LogP contribution in [-0.4, -0.2) is 23.4 Å². The number of ether oxygens (including phenoxy) is 1. The fourth-order valence-electron chi connectivity index (χ4n) is 1.79. The molecule has 1 aromatic heterocycles. The van der Waals surface area contributed by atoms with Crippen LogP contribution in [0.4, 0.5) is 15.2 Å². The fourth-order valence-corrected chi connectivity index (χ4v) is 2.62. The minimum absolute atomic E-state index is 0.217. The highest BCUT2D eigenvalue weighted by Gasteiger charge is 2.14. The Bertz CT molecular complexity index is 767. The van der Waals surface area contributed by atoms with Crippen LogP contribution in [0.1, 0.15) is 20.3 Å². The SMILES string of the molecule is CC(C)COc1cc(F)ccc1NC(=O)CC(=O)Nc1ncc(Cl)s1. The fraction of sp³-hybridized carbons (Fsp3) is 0.312. The van der Waals surface area contributed by atoms with Crippen molar-refractivity contribution < 1.29 is 18.7 Å². The molecule has 2 N–H and O–H groups in total. The average molecular weight is 386 g/mol. The lowest BCUT2D eigenvalue weighted by atomic mass is 10.2. The van der Waals surface area contributed by atoms with E-state index in [1.54, 1.807) is 0 Å². The first kappa shape index (κ1) is 19.1. The molecule has 0 atom stereocenters. The van der Waals surface area contributed by atoms with E-state index in [9.17, 15) is 14.0 Å². The first-order chi connectivity index (χ1) is 11.8. The van der Waals surface area contributed by atoms with Gasteiger partial charge in [0.05, 0.1) is 18.5 Å². The molecule has 134 valence electrons. The van der Waals surface area contributed by atoms with Gasteiger partial charge in [0.1, 0.15) is 22.3 Å². The lowest BCUT2D eigenvalue weighted by Crippen LogP contribution is -2.21. The number of thiazole rings is 1. The van der Waals surface area contributed by atoms with Gasteiger partial charge in [-0.05, 0) is 18.1 Å². The number of nitrogens with zero attached hydrogens (tertiary/aromatic N) is 1. The number of aromatic nitrogens is 1. The molecule has 0 spiro atoms. The molecule has 6 nitrogen and oxygen atoms in total. The zero-order valence-electron chi connectivity index (χ0n) is 13.6. The summed E-state index contributed by atoms with van der Waals surface area (Å²) in [5, 5.41) is 5.33. The number of benzene rings is 1. The van der Waals surface area contributed by atoms with Crippen LogP contribution in [0.2, 0.25) is 4.34 Å². The number of halogens is 2. The topological polar surface area (TPSA) is 80.3 Å². The second-order valence-electron chi connectivity index (χ2n) is 5.59. The van der Waals surface area contributed by atoms with Crippen LogP contribution in [0, 0.1) is 11.7 Å². The van der Waals surface area contributed by atoms with Crippen molar-refractivity contribution in [2.45, 2.75) is 20.3 Å². The van der Waals surface area contributed by atoms with Gasteiger partial charge in [0, 0.05) is 6.07 Å². The Balaban J connectivity index is 1.96. The van der Waals surface area contributed by atoms with E-state index in [1.807, 2.05) is 13.8 Å². The van der Waals surface area contributed by atoms with E-state index >= 15 is 0 Å². The summed E-state index contributed by atoms with van der Waals surface area (Å²) in [7, 11) is 0. The molecule has 1 heterocycles. The normalized spacial score (nSPS) is 10.6. The zero-order chi connectivity index (χ0) is 18.4. The molecule has 0 aliphatic carbocycles. The number of carbonyl (C=O) groups is 2. The molecule has 9 heteroatoms. The van der Waals surface area contributed by atoms with Gasteiger partial charge in [-0.25, -0.2) is 9.37 Å². The lowest BCUT2D eigenvalue weighted by Gasteiger charge is -2.14. The molecule has 0 bridgehead atoms. The van der Waals surface area contributed by atoms with Crippen molar-refractivity contribution in [3.63, 3.8) is 0 Å². The summed E-state index contributed by atoms with van der Waals surface area (Å²) in [4.78, 5) is 27.7. The average Bonchev–Trinajstić information content (AvgIpc) is 2.92. The summed E-state index contributed by atoms with van der Waals surface area (Å²) in [5.41, 5.74) is 0.303. The number of hydrogen-bond donors (Lipinski definition) is 2. The van der Waals surface area contributed by atoms with Gasteiger partial charge in [0.2, 0.25) is 11.8 Å². The quantitative estimate of drug-likeness (QED) is 0.707. The first-order valence-corrected chi connectivity index (χ1v) is 8.66. The molecule has 2 aromatic rings. The van der Waals surface area contributed by atoms with Gasteiger partial charge in [-0.1, -0.05) is 36.8 Å². The van der Waals surface area contributed by atoms with E-state index < -0.39 is 24.1 Å². The summed E-state index contributed by atoms with van der Waals surface area (Å²) < 4.78 is 19.3. The molecule has 1 aromatic carbocycles. The Morgan fingerprint density at radius 3 is 2.68 bits per heavy atom. The Morgan fingerprint density at radius 2 is 2.04 bits per heavy atom. The standard InChI is InChI=1S/C16H17ClFN3O3S/c1-9(2)8-24-12-5-10(18)3-4-11(12)20-14(22)6-15(23)21-16-19-7-13(17)25-16/h3-5,7,9H,6,8H2,1-2H3,(H,20,22)(H,19,21,23). The van der Waals surface area contributed by atoms with Crippen molar-refractivity contribution in [3.8, 4) is 5.75 Å². The van der Waals surface area contributed by atoms with Crippen molar-refractivity contribution in [1.29, 1.82) is 0 Å². The monoisotopic (exact) mass is 385 g/mol. The number of rotatable bonds is 7. The maximum Gasteiger partial charge on any atom is 0.235 e. The Labute approximate surface area is 153 Å². The van der Waals surface area contributed by atoms with E-state index in [0.717, 1.165) is 11.3 Å². The van der Waals surface area contributed by atoms with Crippen molar-refractivity contribution >= 4 is 45.6 Å². The third-order valence-electron chi connectivity index (χ3n) is 2.83. The summed E-state index contributed by atoms with van der Waals surface area (Å²) in [5.74, 6) is -1.11. The molecule has 0 saturated heterocycles. The highest BCUT2D eigenvalue weighted by molar-refractivity contribution is 7.19. The van der Waals surface area contributed by atoms with Crippen LogP contribution < -0.4 is 15.4 Å². The van der Waals surface area contributed by atoms with Crippen molar-refractivity contribution in [3.05, 3.63) is 34.5 Å². The molecule has 0 fully saturated rings. The smallest absolute Gasteiger partial charge is 0.235 e. The number of nitrogens with one attached hydrogen (secondary N) is 2. The molecule has 0 unspecified atom stereocenters. The number of hydrogen-bond acceptors (Lipinski definition) is 5. The van der Waals surface area contributed by atoms with Gasteiger partial charge >= 0.3 is 0 Å². The van der Waals surface area contributed by atoms with E-state index in [1.165, 1.54) is 24.4 Å². The van der Waals surface area contributed by atoms with Crippen LogP contribution in [0.25, 0.3) is 0 Å². The molecule has 2 rings (SSSR count). The number of carbonyl (C=O) groups excluding carboxylic acids is 2. The van der Waals surface area contributed by atoms with Gasteiger partial charge in [-0.15, -0.1) is 0 Å². The number of anilines is 2. The second kappa shape index (κ2) is 8.77. The predicted molar refractivity (Wildman–Crippen MR) is 95.7 cm³/mol. The minimum atomic E-state index is -0.554. The van der Waals surface area contributed by atoms with Gasteiger partial charge in [0.25, 0.3) is 0 Å². The van der Waals surface area contributed by atoms with E-state index in [2.05, 4.69) is 15.6 Å². The summed E-state index contributed by atoms with van der Waals surface area (Å²) in [6.45, 7) is 4.27. The van der Waals surface area contributed by atoms with Crippen LogP contribution in [0.15, 0.2) is 24.4 Å². The molecule has 0 aliphatic rings. The van der Waals surface area contributed by atoms with E-state index in [-0.39, 0.29) is 11.7 Å². The van der Waals surface area contributed by atoms with Crippen molar-refractivity contribution in [1.82, 2.24) is 4.98 Å². The first-order valence-electron chi connectivity index (χ1n) is 7.47. The predicted octanol–water partition coefficient (Wildman–Crippen LogP) is 3.94. The van der Waals surface area contributed by atoms with Gasteiger partial charge in [-0.3, -0.25) is 9.59 Å². The van der Waals surface area contributed by atoms with Gasteiger partial charge in [-0.2, -0.15) is 0 Å². The van der Waals surface area contributed by atoms with Crippen molar-refractivity contribution in [2.24, 2.45) is 5.92 Å². The summed E-state index contributed by atoms with van der Waals surface area (Å²) in [6, 6.07) is 3.78. The van der Waals surface area contributed by atoms with E-state index in [4.69, 9.17) is 16.3 Å². The Morgan fingerprint density at radius 1 is 1.32 bits per heavy atom. The highest BCUT2D eigenvalue weighted by Crippen LogP contribution is 2.26. The van der Waals surface area contributed by atoms with Crippen LogP contribution in [0.5, 0.6) is 5.75 Å². The molecular weight excluding hydrogens is 369 g/mol. The molecule has 0 aliphatic heterocycles. The summed E-state index contributed by atoms with van der Waals surface area (Å²) in [6.07, 6.45) is 0.983. The Kier molecular flexibility index (Phi) is 6.72. The minimum Gasteiger partial charge on any atom is -0.491 e. The van der Waals surface area contributed by atoms with Crippen LogP contribution >= 0.6 is 22.9 Å². The van der Waals surface area contributed by atoms with E-state index in [0.29, 0.717) is 21.8 Å². The van der Waals surface area contributed by atoms with Crippen LogP contribution in [0.3, 0.4) is 0 Å². The highest BCUT2D eigenvalue weighted by atomic mass is 35.5. The van der Waals surface area contributed by atoms with Gasteiger partial charge in [0.15, 0.2) is 5.13 Å². The molecule has 0 saturated carbocycles. The molecule has 25 heavy (non-hydrogen) atoms. The molecular formula is C16H17ClFN3O3S. The largest absolute Gasteiger partial charge is 0.491 e. The summed E-state index contributed by atoms with van der Waals surface area (Å²) >= 11 is 6.81. The third kappa shape index (κ3) is 6.32.